The number of aromatic nitrogens is 2. The number of hydrogen-bond acceptors (Lipinski definition) is 6. The average Bonchev–Trinajstić information content (AvgIpc) is 2.94. The van der Waals surface area contributed by atoms with Gasteiger partial charge in [-0.15, -0.1) is 0 Å². The highest BCUT2D eigenvalue weighted by atomic mass is 16.5. The number of methoxy groups -OCH3 is 1. The fraction of sp³-hybridized carbons (Fsp3) is 0.241. The molecule has 3 heterocycles. The number of nitrogens with one attached hydrogen (secondary N) is 1. The number of ether oxygens (including phenoxy) is 1. The van der Waals surface area contributed by atoms with Gasteiger partial charge in [0.1, 0.15) is 11.4 Å². The van der Waals surface area contributed by atoms with Crippen molar-refractivity contribution in [3.8, 4) is 22.9 Å². The molecule has 37 heavy (non-hydrogen) atoms. The highest BCUT2D eigenvalue weighted by Crippen LogP contribution is 2.42. The second-order valence-corrected chi connectivity index (χ2v) is 9.18. The largest absolute Gasteiger partial charge is 0.497 e. The van der Waals surface area contributed by atoms with Crippen LogP contribution in [0.2, 0.25) is 0 Å². The molecule has 0 aliphatic carbocycles. The van der Waals surface area contributed by atoms with Crippen molar-refractivity contribution in [2.75, 3.05) is 25.6 Å². The molecule has 0 saturated heterocycles. The maximum Gasteiger partial charge on any atom is 0.269 e. The first kappa shape index (κ1) is 24.1. The normalized spacial score (nSPS) is 12.7. The van der Waals surface area contributed by atoms with Gasteiger partial charge in [-0.05, 0) is 49.6 Å². The first-order valence-electron chi connectivity index (χ1n) is 12.1. The van der Waals surface area contributed by atoms with Crippen molar-refractivity contribution in [2.24, 2.45) is 7.05 Å². The Morgan fingerprint density at radius 3 is 2.65 bits per heavy atom. The van der Waals surface area contributed by atoms with Gasteiger partial charge in [0.2, 0.25) is 0 Å². The summed E-state index contributed by atoms with van der Waals surface area (Å²) in [5, 5.41) is 13.6. The van der Waals surface area contributed by atoms with Crippen LogP contribution in [-0.2, 0) is 13.5 Å². The van der Waals surface area contributed by atoms with E-state index >= 15 is 0 Å². The summed E-state index contributed by atoms with van der Waals surface area (Å²) in [7, 11) is 4.95. The SMILES string of the molecule is CNC(=O)c1ccc(-c2cc3c(cc2C#N)N(c2cc(OC)cc4c2cc(C)c(=O)n4C)CCC3)cn1. The molecule has 1 aliphatic rings. The van der Waals surface area contributed by atoms with Crippen LogP contribution in [0.4, 0.5) is 11.4 Å². The third-order valence-electron chi connectivity index (χ3n) is 6.99. The zero-order valence-corrected chi connectivity index (χ0v) is 21.3. The van der Waals surface area contributed by atoms with Crippen LogP contribution >= 0.6 is 0 Å². The molecule has 2 aromatic heterocycles. The van der Waals surface area contributed by atoms with Crippen molar-refractivity contribution >= 4 is 28.2 Å². The molecule has 5 rings (SSSR count). The summed E-state index contributed by atoms with van der Waals surface area (Å²) in [5.41, 5.74) is 6.83. The third-order valence-corrected chi connectivity index (χ3v) is 6.99. The molecule has 1 aliphatic heterocycles. The van der Waals surface area contributed by atoms with Crippen LogP contribution in [0.25, 0.3) is 22.0 Å². The number of pyridine rings is 2. The molecular formula is C29H27N5O3. The Morgan fingerprint density at radius 2 is 1.97 bits per heavy atom. The second-order valence-electron chi connectivity index (χ2n) is 9.18. The Balaban J connectivity index is 1.67. The van der Waals surface area contributed by atoms with Crippen LogP contribution in [0.3, 0.4) is 0 Å². The summed E-state index contributed by atoms with van der Waals surface area (Å²) in [6, 6.07) is 15.6. The smallest absolute Gasteiger partial charge is 0.269 e. The maximum absolute atomic E-state index is 12.6. The van der Waals surface area contributed by atoms with Gasteiger partial charge in [0, 0.05) is 66.7 Å². The van der Waals surface area contributed by atoms with E-state index in [0.717, 1.165) is 58.4 Å². The van der Waals surface area contributed by atoms with Crippen molar-refractivity contribution in [3.05, 3.63) is 81.4 Å². The van der Waals surface area contributed by atoms with Gasteiger partial charge in [-0.1, -0.05) is 6.07 Å². The molecule has 0 radical (unpaired) electrons. The van der Waals surface area contributed by atoms with E-state index in [1.807, 2.05) is 37.3 Å². The fourth-order valence-electron chi connectivity index (χ4n) is 5.05. The minimum atomic E-state index is -0.258. The molecular weight excluding hydrogens is 466 g/mol. The van der Waals surface area contributed by atoms with Gasteiger partial charge in [0.25, 0.3) is 11.5 Å². The summed E-state index contributed by atoms with van der Waals surface area (Å²) in [4.78, 5) is 31.0. The van der Waals surface area contributed by atoms with Crippen LogP contribution < -0.4 is 20.5 Å². The maximum atomic E-state index is 12.6. The molecule has 4 aromatic rings. The van der Waals surface area contributed by atoms with E-state index in [-0.39, 0.29) is 11.5 Å². The highest BCUT2D eigenvalue weighted by molar-refractivity contribution is 5.97. The lowest BCUT2D eigenvalue weighted by molar-refractivity contribution is 0.0958. The minimum absolute atomic E-state index is 0.0433. The molecule has 1 N–H and O–H groups in total. The number of rotatable bonds is 4. The molecule has 0 bridgehead atoms. The zero-order valence-electron chi connectivity index (χ0n) is 21.3. The summed E-state index contributed by atoms with van der Waals surface area (Å²) >= 11 is 0. The lowest BCUT2D eigenvalue weighted by Crippen LogP contribution is -2.26. The number of anilines is 2. The number of amides is 1. The highest BCUT2D eigenvalue weighted by Gasteiger charge is 2.24. The molecule has 186 valence electrons. The lowest BCUT2D eigenvalue weighted by Gasteiger charge is -2.33. The van der Waals surface area contributed by atoms with Crippen molar-refractivity contribution in [1.82, 2.24) is 14.9 Å². The monoisotopic (exact) mass is 493 g/mol. The molecule has 8 nitrogen and oxygen atoms in total. The van der Waals surface area contributed by atoms with Crippen molar-refractivity contribution in [2.45, 2.75) is 19.8 Å². The molecule has 8 heteroatoms. The predicted octanol–water partition coefficient (Wildman–Crippen LogP) is 4.23. The Labute approximate surface area is 214 Å². The molecule has 2 aromatic carbocycles. The number of nitrogens with zero attached hydrogens (tertiary/aromatic N) is 4. The van der Waals surface area contributed by atoms with Crippen molar-refractivity contribution < 1.29 is 9.53 Å². The van der Waals surface area contributed by atoms with Crippen molar-refractivity contribution in [1.29, 1.82) is 5.26 Å². The van der Waals surface area contributed by atoms with Crippen LogP contribution in [-0.4, -0.2) is 36.2 Å². The number of aryl methyl sites for hydroxylation is 3. The zero-order chi connectivity index (χ0) is 26.3. The van der Waals surface area contributed by atoms with Crippen molar-refractivity contribution in [3.63, 3.8) is 0 Å². The Hall–Kier alpha value is -4.64. The number of hydrogen-bond donors (Lipinski definition) is 1. The number of carbonyl (C=O) groups excluding carboxylic acids is 1. The van der Waals surface area contributed by atoms with E-state index < -0.39 is 0 Å². The predicted molar refractivity (Wildman–Crippen MR) is 144 cm³/mol. The molecule has 0 unspecified atom stereocenters. The van der Waals surface area contributed by atoms with Crippen LogP contribution in [0, 0.1) is 18.3 Å². The van der Waals surface area contributed by atoms with E-state index in [1.165, 1.54) is 0 Å². The first-order valence-corrected chi connectivity index (χ1v) is 12.1. The van der Waals surface area contributed by atoms with Crippen LogP contribution in [0.5, 0.6) is 5.75 Å². The fourth-order valence-corrected chi connectivity index (χ4v) is 5.05. The first-order chi connectivity index (χ1) is 17.9. The van der Waals surface area contributed by atoms with E-state index in [2.05, 4.69) is 27.3 Å². The molecule has 1 amide bonds. The Morgan fingerprint density at radius 1 is 1.16 bits per heavy atom. The number of nitriles is 1. The van der Waals surface area contributed by atoms with Crippen LogP contribution in [0.15, 0.2) is 53.5 Å². The summed E-state index contributed by atoms with van der Waals surface area (Å²) < 4.78 is 7.25. The van der Waals surface area contributed by atoms with Gasteiger partial charge < -0.3 is 19.5 Å². The number of benzene rings is 2. The lowest BCUT2D eigenvalue weighted by atomic mass is 9.92. The Bertz CT molecular complexity index is 1650. The number of fused-ring (bicyclic) bond motifs is 2. The molecule has 0 atom stereocenters. The molecule has 0 saturated carbocycles. The van der Waals surface area contributed by atoms with Crippen LogP contribution in [0.1, 0.15) is 33.6 Å². The van der Waals surface area contributed by atoms with Gasteiger partial charge in [-0.3, -0.25) is 14.6 Å². The molecule has 0 spiro atoms. The summed E-state index contributed by atoms with van der Waals surface area (Å²) in [6.07, 6.45) is 3.43. The van der Waals surface area contributed by atoms with Gasteiger partial charge in [-0.2, -0.15) is 5.26 Å². The van der Waals surface area contributed by atoms with Gasteiger partial charge in [-0.25, -0.2) is 0 Å². The quantitative estimate of drug-likeness (QED) is 0.457. The van der Waals surface area contributed by atoms with E-state index in [0.29, 0.717) is 22.6 Å². The average molecular weight is 494 g/mol. The van der Waals surface area contributed by atoms with E-state index in [9.17, 15) is 14.9 Å². The minimum Gasteiger partial charge on any atom is -0.497 e. The van der Waals surface area contributed by atoms with Gasteiger partial charge in [0.05, 0.1) is 29.9 Å². The van der Waals surface area contributed by atoms with E-state index in [1.54, 1.807) is 38.0 Å². The topological polar surface area (TPSA) is 100 Å². The van der Waals surface area contributed by atoms with Gasteiger partial charge in [0.15, 0.2) is 0 Å². The standard InChI is InChI=1S/C29H27N5O3/c1-17-10-23-26(33(3)29(17)36)13-21(37-4)14-27(23)34-9-5-6-18-11-22(20(15-30)12-25(18)34)19-7-8-24(32-16-19)28(35)31-2/h7-8,10-14,16H,5-6,9H2,1-4H3,(H,31,35). The van der Waals surface area contributed by atoms with E-state index in [4.69, 9.17) is 4.74 Å². The summed E-state index contributed by atoms with van der Waals surface area (Å²) in [6.45, 7) is 2.59. The molecule has 0 fully saturated rings. The Kier molecular flexibility index (Phi) is 6.14. The summed E-state index contributed by atoms with van der Waals surface area (Å²) in [5.74, 6) is 0.402. The van der Waals surface area contributed by atoms with Gasteiger partial charge >= 0.3 is 0 Å². The third kappa shape index (κ3) is 4.08. The second kappa shape index (κ2) is 9.43. The number of carbonyl (C=O) groups is 1.